The van der Waals surface area contributed by atoms with Gasteiger partial charge in [0, 0.05) is 31.8 Å². The number of amides is 2. The van der Waals surface area contributed by atoms with Crippen molar-refractivity contribution in [2.75, 3.05) is 25.5 Å². The summed E-state index contributed by atoms with van der Waals surface area (Å²) in [5.74, 6) is 2.03. The number of aryl methyl sites for hydroxylation is 1. The summed E-state index contributed by atoms with van der Waals surface area (Å²) in [7, 11) is 3.47. The number of nitrogens with one attached hydrogen (secondary N) is 1. The fourth-order valence-electron chi connectivity index (χ4n) is 3.07. The largest absolute Gasteiger partial charge is 0.497 e. The molecule has 6 nitrogen and oxygen atoms in total. The maximum absolute atomic E-state index is 12.5. The lowest BCUT2D eigenvalue weighted by molar-refractivity contribution is 0.182. The number of methoxy groups -OCH3 is 1. The summed E-state index contributed by atoms with van der Waals surface area (Å²) >= 11 is 0. The predicted octanol–water partition coefficient (Wildman–Crippen LogP) is 3.36. The van der Waals surface area contributed by atoms with Crippen LogP contribution in [-0.2, 0) is 7.05 Å². The van der Waals surface area contributed by atoms with E-state index in [9.17, 15) is 4.79 Å². The average molecular weight is 328 g/mol. The molecule has 2 heterocycles. The lowest BCUT2D eigenvalue weighted by Gasteiger charge is -2.30. The molecule has 1 atom stereocenters. The van der Waals surface area contributed by atoms with Gasteiger partial charge < -0.3 is 9.64 Å². The van der Waals surface area contributed by atoms with Crippen LogP contribution in [0.5, 0.6) is 5.75 Å². The molecule has 1 unspecified atom stereocenters. The standard InChI is InChI=1S/C18H24N4O2/c1-13-6-5-9-22(12-13)18(23)19-17-11-16(20-21(17)2)14-7-4-8-15(10-14)24-3/h4,7-8,10-11,13H,5-6,9,12H2,1-3H3,(H,19,23). The maximum atomic E-state index is 12.5. The van der Waals surface area contributed by atoms with Crippen molar-refractivity contribution in [3.63, 3.8) is 0 Å². The molecule has 1 N–H and O–H groups in total. The number of ether oxygens (including phenoxy) is 1. The topological polar surface area (TPSA) is 59.4 Å². The number of hydrogen-bond acceptors (Lipinski definition) is 3. The van der Waals surface area contributed by atoms with Crippen molar-refractivity contribution >= 4 is 11.8 Å². The van der Waals surface area contributed by atoms with Crippen LogP contribution in [0.4, 0.5) is 10.6 Å². The summed E-state index contributed by atoms with van der Waals surface area (Å²) in [4.78, 5) is 14.3. The van der Waals surface area contributed by atoms with Gasteiger partial charge >= 0.3 is 6.03 Å². The first-order chi connectivity index (χ1) is 11.6. The molecule has 0 spiro atoms. The molecule has 1 aromatic carbocycles. The normalized spacial score (nSPS) is 17.6. The highest BCUT2D eigenvalue weighted by Crippen LogP contribution is 2.25. The van der Waals surface area contributed by atoms with Crippen LogP contribution in [-0.4, -0.2) is 40.9 Å². The summed E-state index contributed by atoms with van der Waals surface area (Å²) in [6, 6.07) is 9.56. The molecule has 2 amide bonds. The van der Waals surface area contributed by atoms with Gasteiger partial charge in [-0.2, -0.15) is 5.10 Å². The Morgan fingerprint density at radius 3 is 2.96 bits per heavy atom. The molecule has 1 aromatic heterocycles. The number of anilines is 1. The molecule has 0 saturated carbocycles. The van der Waals surface area contributed by atoms with E-state index >= 15 is 0 Å². The van der Waals surface area contributed by atoms with Crippen molar-refractivity contribution in [3.05, 3.63) is 30.3 Å². The zero-order valence-electron chi connectivity index (χ0n) is 14.5. The molecule has 1 fully saturated rings. The van der Waals surface area contributed by atoms with E-state index in [4.69, 9.17) is 4.74 Å². The molecule has 6 heteroatoms. The van der Waals surface area contributed by atoms with Crippen LogP contribution in [0.3, 0.4) is 0 Å². The monoisotopic (exact) mass is 328 g/mol. The summed E-state index contributed by atoms with van der Waals surface area (Å²) in [6.45, 7) is 3.81. The number of nitrogens with zero attached hydrogens (tertiary/aromatic N) is 3. The first-order valence-corrected chi connectivity index (χ1v) is 8.31. The third kappa shape index (κ3) is 3.53. The molecule has 128 valence electrons. The molecule has 1 saturated heterocycles. The minimum atomic E-state index is -0.0539. The van der Waals surface area contributed by atoms with E-state index < -0.39 is 0 Å². The van der Waals surface area contributed by atoms with Crippen LogP contribution >= 0.6 is 0 Å². The molecular weight excluding hydrogens is 304 g/mol. The smallest absolute Gasteiger partial charge is 0.323 e. The van der Waals surface area contributed by atoms with Crippen molar-refractivity contribution in [2.24, 2.45) is 13.0 Å². The van der Waals surface area contributed by atoms with Gasteiger partial charge in [-0.3, -0.25) is 10.00 Å². The fourth-order valence-corrected chi connectivity index (χ4v) is 3.07. The summed E-state index contributed by atoms with van der Waals surface area (Å²) in [5, 5.41) is 7.47. The Balaban J connectivity index is 1.75. The predicted molar refractivity (Wildman–Crippen MR) is 94.2 cm³/mol. The number of carbonyl (C=O) groups is 1. The number of urea groups is 1. The quantitative estimate of drug-likeness (QED) is 0.940. The molecule has 0 aliphatic carbocycles. The van der Waals surface area contributed by atoms with Crippen LogP contribution in [0.2, 0.25) is 0 Å². The van der Waals surface area contributed by atoms with Crippen molar-refractivity contribution < 1.29 is 9.53 Å². The molecule has 1 aliphatic heterocycles. The number of aromatic nitrogens is 2. The summed E-state index contributed by atoms with van der Waals surface area (Å²) in [6.07, 6.45) is 2.25. The number of rotatable bonds is 3. The van der Waals surface area contributed by atoms with E-state index in [0.717, 1.165) is 36.5 Å². The number of likely N-dealkylation sites (tertiary alicyclic amines) is 1. The lowest BCUT2D eigenvalue weighted by atomic mass is 10.0. The van der Waals surface area contributed by atoms with Crippen molar-refractivity contribution in [1.29, 1.82) is 0 Å². The third-order valence-corrected chi connectivity index (χ3v) is 4.42. The Morgan fingerprint density at radius 1 is 1.38 bits per heavy atom. The fraction of sp³-hybridized carbons (Fsp3) is 0.444. The minimum absolute atomic E-state index is 0.0539. The van der Waals surface area contributed by atoms with Crippen molar-refractivity contribution in [1.82, 2.24) is 14.7 Å². The van der Waals surface area contributed by atoms with Crippen LogP contribution in [0.15, 0.2) is 30.3 Å². The molecule has 3 rings (SSSR count). The molecule has 0 bridgehead atoms. The number of benzene rings is 1. The Bertz CT molecular complexity index is 726. The maximum Gasteiger partial charge on any atom is 0.323 e. The lowest BCUT2D eigenvalue weighted by Crippen LogP contribution is -2.41. The highest BCUT2D eigenvalue weighted by Gasteiger charge is 2.22. The first-order valence-electron chi connectivity index (χ1n) is 8.31. The molecule has 0 radical (unpaired) electrons. The van der Waals surface area contributed by atoms with E-state index in [0.29, 0.717) is 11.7 Å². The van der Waals surface area contributed by atoms with Crippen LogP contribution in [0.1, 0.15) is 19.8 Å². The second-order valence-corrected chi connectivity index (χ2v) is 6.39. The van der Waals surface area contributed by atoms with Gasteiger partial charge in [0.1, 0.15) is 11.6 Å². The number of carbonyl (C=O) groups excluding carboxylic acids is 1. The molecule has 1 aliphatic rings. The van der Waals surface area contributed by atoms with Crippen LogP contribution in [0.25, 0.3) is 11.3 Å². The van der Waals surface area contributed by atoms with E-state index in [1.54, 1.807) is 11.8 Å². The summed E-state index contributed by atoms with van der Waals surface area (Å²) < 4.78 is 6.95. The third-order valence-electron chi connectivity index (χ3n) is 4.42. The van der Waals surface area contributed by atoms with E-state index in [2.05, 4.69) is 17.3 Å². The van der Waals surface area contributed by atoms with Gasteiger partial charge in [0.15, 0.2) is 0 Å². The Hall–Kier alpha value is -2.50. The van der Waals surface area contributed by atoms with Crippen molar-refractivity contribution in [3.8, 4) is 17.0 Å². The highest BCUT2D eigenvalue weighted by atomic mass is 16.5. The average Bonchev–Trinajstić information content (AvgIpc) is 2.95. The van der Waals surface area contributed by atoms with Gasteiger partial charge in [-0.05, 0) is 30.9 Å². The zero-order chi connectivity index (χ0) is 17.1. The van der Waals surface area contributed by atoms with Crippen LogP contribution in [0, 0.1) is 5.92 Å². The first kappa shape index (κ1) is 16.4. The Morgan fingerprint density at radius 2 is 2.21 bits per heavy atom. The SMILES string of the molecule is COc1cccc(-c2cc(NC(=O)N3CCCC(C)C3)n(C)n2)c1. The highest BCUT2D eigenvalue weighted by molar-refractivity contribution is 5.89. The zero-order valence-corrected chi connectivity index (χ0v) is 14.5. The second-order valence-electron chi connectivity index (χ2n) is 6.39. The van der Waals surface area contributed by atoms with Gasteiger partial charge in [-0.15, -0.1) is 0 Å². The summed E-state index contributed by atoms with van der Waals surface area (Å²) in [5.41, 5.74) is 1.76. The van der Waals surface area contributed by atoms with E-state index in [1.165, 1.54) is 6.42 Å². The van der Waals surface area contributed by atoms with Crippen molar-refractivity contribution in [2.45, 2.75) is 19.8 Å². The Kier molecular flexibility index (Phi) is 4.74. The molecular formula is C18H24N4O2. The Labute approximate surface area is 142 Å². The molecule has 24 heavy (non-hydrogen) atoms. The van der Waals surface area contributed by atoms with E-state index in [-0.39, 0.29) is 6.03 Å². The van der Waals surface area contributed by atoms with E-state index in [1.807, 2.05) is 42.3 Å². The second kappa shape index (κ2) is 6.95. The molecule has 2 aromatic rings. The van der Waals surface area contributed by atoms with Gasteiger partial charge in [0.25, 0.3) is 0 Å². The number of hydrogen-bond donors (Lipinski definition) is 1. The van der Waals surface area contributed by atoms with Gasteiger partial charge in [-0.25, -0.2) is 4.79 Å². The minimum Gasteiger partial charge on any atom is -0.497 e. The van der Waals surface area contributed by atoms with Crippen LogP contribution < -0.4 is 10.1 Å². The van der Waals surface area contributed by atoms with Gasteiger partial charge in [-0.1, -0.05) is 19.1 Å². The van der Waals surface area contributed by atoms with Gasteiger partial charge in [0.05, 0.1) is 12.8 Å². The van der Waals surface area contributed by atoms with Gasteiger partial charge in [0.2, 0.25) is 0 Å². The number of piperidine rings is 1.